The van der Waals surface area contributed by atoms with E-state index in [0.29, 0.717) is 11.6 Å². The molecule has 1 aliphatic heterocycles. The predicted octanol–water partition coefficient (Wildman–Crippen LogP) is 4.79. The lowest BCUT2D eigenvalue weighted by Crippen LogP contribution is -2.45. The van der Waals surface area contributed by atoms with E-state index in [1.807, 2.05) is 0 Å². The molecule has 1 heterocycles. The minimum atomic E-state index is -4.52. The molecule has 0 bridgehead atoms. The van der Waals surface area contributed by atoms with Gasteiger partial charge in [-0.2, -0.15) is 13.2 Å². The fourth-order valence-corrected chi connectivity index (χ4v) is 3.11. The van der Waals surface area contributed by atoms with Crippen LogP contribution in [0.3, 0.4) is 0 Å². The summed E-state index contributed by atoms with van der Waals surface area (Å²) in [4.78, 5) is 2.17. The summed E-state index contributed by atoms with van der Waals surface area (Å²) >= 11 is 0. The van der Waals surface area contributed by atoms with Crippen LogP contribution in [0.2, 0.25) is 0 Å². The van der Waals surface area contributed by atoms with Crippen LogP contribution in [0.1, 0.15) is 49.8 Å². The SMILES string of the molecule is CCCCC[C@@H](c1cc(F)cc(C(F)(F)F)c1)N1CCNCC1.Cl. The summed E-state index contributed by atoms with van der Waals surface area (Å²) in [5, 5.41) is 3.24. The Morgan fingerprint density at radius 1 is 1.12 bits per heavy atom. The molecule has 0 unspecified atom stereocenters. The maximum absolute atomic E-state index is 13.7. The van der Waals surface area contributed by atoms with Crippen LogP contribution in [0.5, 0.6) is 0 Å². The number of hydrogen-bond acceptors (Lipinski definition) is 2. The Morgan fingerprint density at radius 3 is 2.38 bits per heavy atom. The molecule has 0 aliphatic carbocycles. The van der Waals surface area contributed by atoms with Crippen LogP contribution in [0.4, 0.5) is 17.6 Å². The van der Waals surface area contributed by atoms with E-state index in [4.69, 9.17) is 0 Å². The zero-order valence-corrected chi connectivity index (χ0v) is 14.7. The van der Waals surface area contributed by atoms with Crippen molar-refractivity contribution in [2.24, 2.45) is 0 Å². The number of hydrogen-bond donors (Lipinski definition) is 1. The number of unbranched alkanes of at least 4 members (excludes halogenated alkanes) is 2. The molecule has 1 atom stereocenters. The van der Waals surface area contributed by atoms with E-state index >= 15 is 0 Å². The molecule has 1 fully saturated rings. The highest BCUT2D eigenvalue weighted by Gasteiger charge is 2.33. The van der Waals surface area contributed by atoms with Gasteiger partial charge in [-0.3, -0.25) is 4.90 Å². The number of nitrogens with one attached hydrogen (secondary N) is 1. The molecular weight excluding hydrogens is 344 g/mol. The largest absolute Gasteiger partial charge is 0.416 e. The van der Waals surface area contributed by atoms with E-state index in [9.17, 15) is 17.6 Å². The van der Waals surface area contributed by atoms with Gasteiger partial charge in [-0.15, -0.1) is 12.4 Å². The van der Waals surface area contributed by atoms with Crippen molar-refractivity contribution in [3.8, 4) is 0 Å². The van der Waals surface area contributed by atoms with Gasteiger partial charge in [0.2, 0.25) is 0 Å². The van der Waals surface area contributed by atoms with Crippen molar-refractivity contribution in [3.05, 3.63) is 35.1 Å². The summed E-state index contributed by atoms with van der Waals surface area (Å²) in [5.74, 6) is -0.814. The maximum Gasteiger partial charge on any atom is 0.416 e. The first-order chi connectivity index (χ1) is 10.9. The molecule has 1 aliphatic rings. The second kappa shape index (κ2) is 9.59. The zero-order chi connectivity index (χ0) is 16.9. The summed E-state index contributed by atoms with van der Waals surface area (Å²) in [5.41, 5.74) is -0.460. The van der Waals surface area contributed by atoms with E-state index in [-0.39, 0.29) is 18.4 Å². The van der Waals surface area contributed by atoms with E-state index in [1.54, 1.807) is 0 Å². The van der Waals surface area contributed by atoms with Crippen LogP contribution in [0.15, 0.2) is 18.2 Å². The Kier molecular flexibility index (Phi) is 8.46. The molecule has 1 saturated heterocycles. The topological polar surface area (TPSA) is 15.3 Å². The Labute approximate surface area is 147 Å². The molecule has 0 amide bonds. The fourth-order valence-electron chi connectivity index (χ4n) is 3.11. The lowest BCUT2D eigenvalue weighted by atomic mass is 9.96. The lowest BCUT2D eigenvalue weighted by Gasteiger charge is -2.35. The van der Waals surface area contributed by atoms with Crippen molar-refractivity contribution in [2.45, 2.75) is 44.8 Å². The summed E-state index contributed by atoms with van der Waals surface area (Å²) in [6.07, 6.45) is -0.749. The van der Waals surface area contributed by atoms with Gasteiger partial charge in [-0.25, -0.2) is 4.39 Å². The molecule has 0 radical (unpaired) electrons. The van der Waals surface area contributed by atoms with Crippen molar-refractivity contribution in [1.82, 2.24) is 10.2 Å². The molecule has 2 nitrogen and oxygen atoms in total. The van der Waals surface area contributed by atoms with Gasteiger partial charge >= 0.3 is 6.18 Å². The standard InChI is InChI=1S/C17H24F4N2.ClH/c1-2-3-4-5-16(23-8-6-22-7-9-23)13-10-14(17(19,20)21)12-15(18)11-13;/h10-12,16,22H,2-9H2,1H3;1H/t16-;/m0./s1. The van der Waals surface area contributed by atoms with Gasteiger partial charge in [0, 0.05) is 32.2 Å². The quantitative estimate of drug-likeness (QED) is 0.573. The average Bonchev–Trinajstić information content (AvgIpc) is 2.51. The molecule has 2 rings (SSSR count). The van der Waals surface area contributed by atoms with Gasteiger partial charge in [0.1, 0.15) is 5.82 Å². The highest BCUT2D eigenvalue weighted by molar-refractivity contribution is 5.85. The van der Waals surface area contributed by atoms with E-state index in [0.717, 1.165) is 57.9 Å². The first kappa shape index (κ1) is 21.2. The fraction of sp³-hybridized carbons (Fsp3) is 0.647. The van der Waals surface area contributed by atoms with Gasteiger partial charge in [-0.1, -0.05) is 26.2 Å². The van der Waals surface area contributed by atoms with Crippen molar-refractivity contribution < 1.29 is 17.6 Å². The van der Waals surface area contributed by atoms with E-state index in [2.05, 4.69) is 17.1 Å². The van der Waals surface area contributed by atoms with Crippen molar-refractivity contribution >= 4 is 12.4 Å². The number of nitrogens with zero attached hydrogens (tertiary/aromatic N) is 1. The Hall–Kier alpha value is -0.850. The van der Waals surface area contributed by atoms with Gasteiger partial charge in [-0.05, 0) is 30.2 Å². The summed E-state index contributed by atoms with van der Waals surface area (Å²) in [6.45, 7) is 5.25. The zero-order valence-electron chi connectivity index (χ0n) is 13.8. The van der Waals surface area contributed by atoms with E-state index < -0.39 is 17.6 Å². The van der Waals surface area contributed by atoms with Gasteiger partial charge < -0.3 is 5.32 Å². The molecule has 1 aromatic rings. The maximum atomic E-state index is 13.7. The van der Waals surface area contributed by atoms with Gasteiger partial charge in [0.05, 0.1) is 5.56 Å². The van der Waals surface area contributed by atoms with Crippen LogP contribution in [0.25, 0.3) is 0 Å². The minimum absolute atomic E-state index is 0. The number of benzene rings is 1. The molecule has 24 heavy (non-hydrogen) atoms. The van der Waals surface area contributed by atoms with Crippen molar-refractivity contribution in [1.29, 1.82) is 0 Å². The summed E-state index contributed by atoms with van der Waals surface area (Å²) < 4.78 is 52.7. The first-order valence-electron chi connectivity index (χ1n) is 8.24. The Morgan fingerprint density at radius 2 is 1.79 bits per heavy atom. The third kappa shape index (κ3) is 5.90. The van der Waals surface area contributed by atoms with Gasteiger partial charge in [0.15, 0.2) is 0 Å². The molecule has 0 aromatic heterocycles. The van der Waals surface area contributed by atoms with Crippen molar-refractivity contribution in [2.75, 3.05) is 26.2 Å². The number of alkyl halides is 3. The second-order valence-corrected chi connectivity index (χ2v) is 6.07. The average molecular weight is 369 g/mol. The highest BCUT2D eigenvalue weighted by atomic mass is 35.5. The number of piperazine rings is 1. The monoisotopic (exact) mass is 368 g/mol. The number of halogens is 5. The molecule has 1 N–H and O–H groups in total. The number of rotatable bonds is 6. The van der Waals surface area contributed by atoms with Crippen LogP contribution < -0.4 is 5.32 Å². The molecule has 0 spiro atoms. The first-order valence-corrected chi connectivity index (χ1v) is 8.24. The third-order valence-electron chi connectivity index (χ3n) is 4.31. The molecule has 7 heteroatoms. The second-order valence-electron chi connectivity index (χ2n) is 6.07. The van der Waals surface area contributed by atoms with Crippen LogP contribution >= 0.6 is 12.4 Å². The van der Waals surface area contributed by atoms with Crippen LogP contribution in [-0.4, -0.2) is 31.1 Å². The molecule has 0 saturated carbocycles. The Balaban J connectivity index is 0.00000288. The minimum Gasteiger partial charge on any atom is -0.314 e. The molecule has 138 valence electrons. The lowest BCUT2D eigenvalue weighted by molar-refractivity contribution is -0.137. The predicted molar refractivity (Wildman–Crippen MR) is 90.0 cm³/mol. The normalized spacial score (nSPS) is 17.4. The van der Waals surface area contributed by atoms with Crippen LogP contribution in [-0.2, 0) is 6.18 Å². The van der Waals surface area contributed by atoms with Crippen molar-refractivity contribution in [3.63, 3.8) is 0 Å². The van der Waals surface area contributed by atoms with Crippen LogP contribution in [0, 0.1) is 5.82 Å². The highest BCUT2D eigenvalue weighted by Crippen LogP contribution is 2.34. The molecule has 1 aromatic carbocycles. The van der Waals surface area contributed by atoms with Gasteiger partial charge in [0.25, 0.3) is 0 Å². The summed E-state index contributed by atoms with van der Waals surface area (Å²) in [6, 6.07) is 2.79. The van der Waals surface area contributed by atoms with E-state index in [1.165, 1.54) is 6.07 Å². The smallest absolute Gasteiger partial charge is 0.314 e. The third-order valence-corrected chi connectivity index (χ3v) is 4.31. The summed E-state index contributed by atoms with van der Waals surface area (Å²) in [7, 11) is 0. The Bertz CT molecular complexity index is 502. The molecular formula is C17H25ClF4N2.